The molecule has 0 aromatic carbocycles. The molecule has 0 aliphatic carbocycles. The Labute approximate surface area is 182 Å². The van der Waals surface area contributed by atoms with Gasteiger partial charge in [-0.1, -0.05) is 96.8 Å². The third-order valence-electron chi connectivity index (χ3n) is 4.97. The fourth-order valence-corrected chi connectivity index (χ4v) is 3.02. The Bertz CT molecular complexity index is 356. The van der Waals surface area contributed by atoms with Crippen LogP contribution in [0.3, 0.4) is 0 Å². The van der Waals surface area contributed by atoms with E-state index in [0.717, 1.165) is 19.8 Å². The van der Waals surface area contributed by atoms with Crippen LogP contribution < -0.4 is 29.6 Å². The van der Waals surface area contributed by atoms with E-state index in [2.05, 4.69) is 6.92 Å². The summed E-state index contributed by atoms with van der Waals surface area (Å²) in [7, 11) is 0. The second-order valence-electron chi connectivity index (χ2n) is 7.50. The number of hydrogen-bond acceptors (Lipinski definition) is 3. The van der Waals surface area contributed by atoms with E-state index in [1.807, 2.05) is 0 Å². The summed E-state index contributed by atoms with van der Waals surface area (Å²) >= 11 is 0. The molecule has 0 aromatic rings. The van der Waals surface area contributed by atoms with Crippen molar-refractivity contribution in [2.24, 2.45) is 0 Å². The molecule has 0 fully saturated rings. The van der Waals surface area contributed by atoms with Crippen molar-refractivity contribution in [1.29, 1.82) is 0 Å². The van der Waals surface area contributed by atoms with Crippen molar-refractivity contribution >= 4 is 11.8 Å². The summed E-state index contributed by atoms with van der Waals surface area (Å²) in [5.41, 5.74) is -2.23. The quantitative estimate of drug-likeness (QED) is 0.218. The summed E-state index contributed by atoms with van der Waals surface area (Å²) < 4.78 is 0. The van der Waals surface area contributed by atoms with Gasteiger partial charge in [0.15, 0.2) is 5.78 Å². The van der Waals surface area contributed by atoms with Crippen molar-refractivity contribution in [1.82, 2.24) is 0 Å². The van der Waals surface area contributed by atoms with Gasteiger partial charge in [0.2, 0.25) is 5.60 Å². The monoisotopic (exact) mass is 379 g/mol. The summed E-state index contributed by atoms with van der Waals surface area (Å²) in [6.07, 6.45) is 18.9. The minimum Gasteiger partial charge on any atom is -0.479 e. The number of unbranched alkanes of at least 4 members (excludes halogenated alkanes) is 14. The van der Waals surface area contributed by atoms with E-state index < -0.39 is 17.4 Å². The number of ketones is 1. The van der Waals surface area contributed by atoms with E-state index in [9.17, 15) is 14.7 Å². The number of rotatable bonds is 18. The first-order valence-electron chi connectivity index (χ1n) is 10.4. The molecule has 0 radical (unpaired) electrons. The molecule has 0 bridgehead atoms. The van der Waals surface area contributed by atoms with E-state index in [4.69, 9.17) is 5.11 Å². The number of carbonyl (C=O) groups is 2. The van der Waals surface area contributed by atoms with Gasteiger partial charge in [-0.2, -0.15) is 0 Å². The van der Waals surface area contributed by atoms with Crippen LogP contribution in [-0.4, -0.2) is 27.6 Å². The Balaban J connectivity index is 0. The van der Waals surface area contributed by atoms with Gasteiger partial charge in [0.25, 0.3) is 0 Å². The second-order valence-corrected chi connectivity index (χ2v) is 7.50. The fraction of sp³-hybridized carbons (Fsp3) is 0.905. The molecule has 0 aliphatic heterocycles. The van der Waals surface area contributed by atoms with Crippen LogP contribution >= 0.6 is 0 Å². The first-order valence-corrected chi connectivity index (χ1v) is 10.4. The van der Waals surface area contributed by atoms with Crippen LogP contribution in [0.2, 0.25) is 0 Å². The molecular weight excluding hydrogens is 339 g/mol. The van der Waals surface area contributed by atoms with Gasteiger partial charge in [-0.15, -0.1) is 0 Å². The first kappa shape index (κ1) is 28.3. The Kier molecular flexibility index (Phi) is 20.1. The van der Waals surface area contributed by atoms with Gasteiger partial charge in [-0.05, 0) is 13.3 Å². The van der Waals surface area contributed by atoms with Crippen LogP contribution in [0.1, 0.15) is 117 Å². The second kappa shape index (κ2) is 18.5. The predicted molar refractivity (Wildman–Crippen MR) is 103 cm³/mol. The van der Waals surface area contributed by atoms with Gasteiger partial charge in [-0.3, -0.25) is 4.79 Å². The molecule has 0 amide bonds. The molecule has 1 unspecified atom stereocenters. The SMILES string of the molecule is CCCCCCCCCCCCCCCCCC(=O)C(C)(O)C(=O)O.[Na+]. The number of carboxylic acids is 1. The largest absolute Gasteiger partial charge is 1.00 e. The first-order chi connectivity index (χ1) is 11.9. The zero-order valence-electron chi connectivity index (χ0n) is 17.5. The van der Waals surface area contributed by atoms with Crippen LogP contribution in [0.15, 0.2) is 0 Å². The number of Topliss-reactive ketones (excluding diaryl/α,β-unsaturated/α-hetero) is 1. The average Bonchev–Trinajstić information content (AvgIpc) is 2.57. The molecule has 0 saturated heterocycles. The molecule has 2 N–H and O–H groups in total. The summed E-state index contributed by atoms with van der Waals surface area (Å²) in [4.78, 5) is 22.4. The van der Waals surface area contributed by atoms with Crippen LogP contribution in [0.5, 0.6) is 0 Å². The standard InChI is InChI=1S/C21H40O4.Na/c1-3-4-5-6-7-8-9-10-11-12-13-14-15-16-17-18-19(22)21(2,25)20(23)24;/h25H,3-18H2,1-2H3,(H,23,24);/q;+1. The number of aliphatic carboxylic acids is 1. The predicted octanol–water partition coefficient (Wildman–Crippen LogP) is 2.66. The topological polar surface area (TPSA) is 74.6 Å². The average molecular weight is 380 g/mol. The molecule has 148 valence electrons. The Morgan fingerprint density at radius 3 is 1.31 bits per heavy atom. The Hall–Kier alpha value is 0.100. The van der Waals surface area contributed by atoms with Crippen molar-refractivity contribution in [2.45, 2.75) is 122 Å². The van der Waals surface area contributed by atoms with Crippen LogP contribution in [0.4, 0.5) is 0 Å². The molecule has 0 saturated carbocycles. The molecule has 5 heteroatoms. The van der Waals surface area contributed by atoms with E-state index in [-0.39, 0.29) is 36.0 Å². The summed E-state index contributed by atoms with van der Waals surface area (Å²) in [5.74, 6) is -2.05. The maximum absolute atomic E-state index is 11.6. The zero-order chi connectivity index (χ0) is 19.0. The van der Waals surface area contributed by atoms with Crippen molar-refractivity contribution < 1.29 is 49.4 Å². The number of aliphatic hydroxyl groups is 1. The molecule has 0 aliphatic rings. The Morgan fingerprint density at radius 2 is 1.00 bits per heavy atom. The minimum absolute atomic E-state index is 0. The number of hydrogen-bond donors (Lipinski definition) is 2. The van der Waals surface area contributed by atoms with Crippen molar-refractivity contribution in [3.8, 4) is 0 Å². The summed E-state index contributed by atoms with van der Waals surface area (Å²) in [5, 5.41) is 18.3. The van der Waals surface area contributed by atoms with Crippen LogP contribution in [0, 0.1) is 0 Å². The molecule has 1 atom stereocenters. The van der Waals surface area contributed by atoms with Gasteiger partial charge in [0.05, 0.1) is 0 Å². The van der Waals surface area contributed by atoms with Gasteiger partial charge in [-0.25, -0.2) is 4.79 Å². The molecule has 0 spiro atoms. The number of carboxylic acid groups (broad SMARTS) is 1. The normalized spacial score (nSPS) is 13.0. The van der Waals surface area contributed by atoms with E-state index in [0.29, 0.717) is 6.42 Å². The minimum atomic E-state index is -2.23. The molecular formula is C21H40NaO4+. The van der Waals surface area contributed by atoms with Crippen molar-refractivity contribution in [3.63, 3.8) is 0 Å². The molecule has 0 heterocycles. The molecule has 4 nitrogen and oxygen atoms in total. The van der Waals surface area contributed by atoms with Gasteiger partial charge < -0.3 is 10.2 Å². The van der Waals surface area contributed by atoms with Crippen LogP contribution in [0.25, 0.3) is 0 Å². The van der Waals surface area contributed by atoms with Crippen molar-refractivity contribution in [2.75, 3.05) is 0 Å². The van der Waals surface area contributed by atoms with Gasteiger partial charge in [0, 0.05) is 6.42 Å². The summed E-state index contributed by atoms with van der Waals surface area (Å²) in [6, 6.07) is 0. The molecule has 0 rings (SSSR count). The maximum atomic E-state index is 11.6. The van der Waals surface area contributed by atoms with Gasteiger partial charge in [0.1, 0.15) is 0 Å². The van der Waals surface area contributed by atoms with Crippen LogP contribution in [-0.2, 0) is 9.59 Å². The van der Waals surface area contributed by atoms with E-state index in [1.54, 1.807) is 0 Å². The number of carbonyl (C=O) groups excluding carboxylic acids is 1. The smallest absolute Gasteiger partial charge is 0.479 e. The third kappa shape index (κ3) is 15.2. The van der Waals surface area contributed by atoms with E-state index in [1.165, 1.54) is 77.0 Å². The summed E-state index contributed by atoms with van der Waals surface area (Å²) in [6.45, 7) is 3.31. The molecule has 0 aromatic heterocycles. The van der Waals surface area contributed by atoms with E-state index >= 15 is 0 Å². The Morgan fingerprint density at radius 1 is 0.692 bits per heavy atom. The van der Waals surface area contributed by atoms with Gasteiger partial charge >= 0.3 is 35.5 Å². The molecule has 26 heavy (non-hydrogen) atoms. The zero-order valence-corrected chi connectivity index (χ0v) is 19.5. The van der Waals surface area contributed by atoms with Crippen molar-refractivity contribution in [3.05, 3.63) is 0 Å². The fourth-order valence-electron chi connectivity index (χ4n) is 3.02. The maximum Gasteiger partial charge on any atom is 1.00 e. The third-order valence-corrected chi connectivity index (χ3v) is 4.97.